The third kappa shape index (κ3) is 2.89. The molecule has 3 aromatic rings. The first kappa shape index (κ1) is 16.2. The summed E-state index contributed by atoms with van der Waals surface area (Å²) in [4.78, 5) is 15.8. The Labute approximate surface area is 137 Å². The van der Waals surface area contributed by atoms with E-state index in [4.69, 9.17) is 4.74 Å². The highest BCUT2D eigenvalue weighted by Gasteiger charge is 2.12. The number of hydrogen-bond donors (Lipinski definition) is 1. The normalized spacial score (nSPS) is 11.0. The molecule has 5 heteroatoms. The number of fused-ring (bicyclic) bond motifs is 1. The highest BCUT2D eigenvalue weighted by molar-refractivity contribution is 5.82. The number of halogens is 2. The van der Waals surface area contributed by atoms with Crippen LogP contribution in [0.5, 0.6) is 11.5 Å². The molecule has 1 heterocycles. The van der Waals surface area contributed by atoms with Crippen molar-refractivity contribution < 1.29 is 13.5 Å². The highest BCUT2D eigenvalue weighted by Crippen LogP contribution is 2.29. The van der Waals surface area contributed by atoms with Crippen molar-refractivity contribution in [3.8, 4) is 11.5 Å². The molecule has 0 aliphatic carbocycles. The van der Waals surface area contributed by atoms with E-state index < -0.39 is 11.6 Å². The van der Waals surface area contributed by atoms with Gasteiger partial charge in [-0.2, -0.15) is 0 Å². The molecule has 2 aromatic carbocycles. The lowest BCUT2D eigenvalue weighted by Crippen LogP contribution is -2.11. The summed E-state index contributed by atoms with van der Waals surface area (Å²) in [6.45, 7) is 5.57. The molecule has 0 saturated carbocycles. The first-order valence-electron chi connectivity index (χ1n) is 7.69. The van der Waals surface area contributed by atoms with Crippen molar-refractivity contribution in [2.75, 3.05) is 0 Å². The molecule has 0 atom stereocenters. The number of rotatable bonds is 3. The van der Waals surface area contributed by atoms with E-state index in [2.05, 4.69) is 4.98 Å². The van der Waals surface area contributed by atoms with Crippen molar-refractivity contribution >= 4 is 10.9 Å². The number of hydrogen-bond acceptors (Lipinski definition) is 2. The van der Waals surface area contributed by atoms with Crippen LogP contribution in [0.3, 0.4) is 0 Å². The molecular weight excluding hydrogens is 312 g/mol. The van der Waals surface area contributed by atoms with Gasteiger partial charge in [0, 0.05) is 34.8 Å². The van der Waals surface area contributed by atoms with Crippen LogP contribution in [0.15, 0.2) is 35.1 Å². The van der Waals surface area contributed by atoms with Gasteiger partial charge in [0.15, 0.2) is 5.43 Å². The maximum Gasteiger partial charge on any atom is 0.192 e. The van der Waals surface area contributed by atoms with Gasteiger partial charge in [-0.3, -0.25) is 4.79 Å². The lowest BCUT2D eigenvalue weighted by Gasteiger charge is -2.12. The van der Waals surface area contributed by atoms with E-state index >= 15 is 0 Å². The molecular formula is C19H17F2NO2. The maximum atomic E-state index is 13.3. The van der Waals surface area contributed by atoms with Gasteiger partial charge in [-0.05, 0) is 38.0 Å². The molecule has 0 aliphatic rings. The average Bonchev–Trinajstić information content (AvgIpc) is 2.51. The summed E-state index contributed by atoms with van der Waals surface area (Å²) in [6, 6.07) is 6.39. The summed E-state index contributed by atoms with van der Waals surface area (Å²) in [7, 11) is 0. The van der Waals surface area contributed by atoms with E-state index in [-0.39, 0.29) is 11.2 Å². The zero-order chi connectivity index (χ0) is 17.4. The number of aromatic nitrogens is 1. The van der Waals surface area contributed by atoms with Gasteiger partial charge in [0.25, 0.3) is 0 Å². The van der Waals surface area contributed by atoms with Crippen LogP contribution in [0.4, 0.5) is 8.78 Å². The second kappa shape index (κ2) is 6.07. The Hall–Kier alpha value is -2.69. The van der Waals surface area contributed by atoms with Crippen LogP contribution in [0.1, 0.15) is 23.7 Å². The first-order chi connectivity index (χ1) is 11.4. The van der Waals surface area contributed by atoms with Crippen molar-refractivity contribution in [3.05, 3.63) is 69.0 Å². The summed E-state index contributed by atoms with van der Waals surface area (Å²) in [5, 5.41) is 0.488. The van der Waals surface area contributed by atoms with Crippen LogP contribution in [-0.2, 0) is 6.42 Å². The molecule has 124 valence electrons. The van der Waals surface area contributed by atoms with E-state index in [1.165, 1.54) is 0 Å². The van der Waals surface area contributed by atoms with Gasteiger partial charge in [-0.1, -0.05) is 6.92 Å². The van der Waals surface area contributed by atoms with Crippen molar-refractivity contribution in [1.82, 2.24) is 4.98 Å². The quantitative estimate of drug-likeness (QED) is 0.751. The Balaban J connectivity index is 2.14. The molecule has 0 fully saturated rings. The molecule has 0 unspecified atom stereocenters. The van der Waals surface area contributed by atoms with Crippen LogP contribution in [0.25, 0.3) is 10.9 Å². The van der Waals surface area contributed by atoms with E-state index in [1.807, 2.05) is 13.8 Å². The van der Waals surface area contributed by atoms with Crippen molar-refractivity contribution in [3.63, 3.8) is 0 Å². The van der Waals surface area contributed by atoms with Gasteiger partial charge in [0.1, 0.15) is 23.1 Å². The Morgan fingerprint density at radius 3 is 2.33 bits per heavy atom. The fourth-order valence-electron chi connectivity index (χ4n) is 2.75. The molecule has 0 radical (unpaired) electrons. The maximum absolute atomic E-state index is 13.3. The minimum Gasteiger partial charge on any atom is -0.457 e. The van der Waals surface area contributed by atoms with Crippen LogP contribution >= 0.6 is 0 Å². The van der Waals surface area contributed by atoms with Gasteiger partial charge < -0.3 is 9.72 Å². The van der Waals surface area contributed by atoms with Crippen molar-refractivity contribution in [1.29, 1.82) is 0 Å². The van der Waals surface area contributed by atoms with Gasteiger partial charge in [0.05, 0.1) is 5.52 Å². The topological polar surface area (TPSA) is 42.1 Å². The number of benzene rings is 2. The summed E-state index contributed by atoms with van der Waals surface area (Å²) >= 11 is 0. The Morgan fingerprint density at radius 2 is 1.71 bits per heavy atom. The molecule has 3 rings (SSSR count). The Kier molecular flexibility index (Phi) is 4.09. The SMILES string of the molecule is CCc1[nH]c2cc(C)c(Oc3cc(F)cc(F)c3)cc2c(=O)c1C. The molecule has 1 N–H and O–H groups in total. The molecule has 0 saturated heterocycles. The number of ether oxygens (including phenoxy) is 1. The van der Waals surface area contributed by atoms with Crippen LogP contribution in [0, 0.1) is 25.5 Å². The predicted octanol–water partition coefficient (Wildman–Crippen LogP) is 4.78. The third-order valence-electron chi connectivity index (χ3n) is 4.06. The second-order valence-electron chi connectivity index (χ2n) is 5.78. The van der Waals surface area contributed by atoms with Gasteiger partial charge in [0.2, 0.25) is 0 Å². The standard InChI is InChI=1S/C19H17F2NO2/c1-4-16-11(3)19(23)15-9-18(10(2)5-17(15)22-16)24-14-7-12(20)6-13(21)8-14/h5-9H,4H2,1-3H3,(H,22,23). The highest BCUT2D eigenvalue weighted by atomic mass is 19.1. The monoisotopic (exact) mass is 329 g/mol. The number of aryl methyl sites for hydroxylation is 2. The Bertz CT molecular complexity index is 973. The predicted molar refractivity (Wildman–Crippen MR) is 89.9 cm³/mol. The fraction of sp³-hybridized carbons (Fsp3) is 0.211. The van der Waals surface area contributed by atoms with Crippen LogP contribution in [0.2, 0.25) is 0 Å². The minimum absolute atomic E-state index is 0.0493. The summed E-state index contributed by atoms with van der Waals surface area (Å²) < 4.78 is 32.2. The van der Waals surface area contributed by atoms with E-state index in [1.54, 1.807) is 19.1 Å². The average molecular weight is 329 g/mol. The summed E-state index contributed by atoms with van der Waals surface area (Å²) in [6.07, 6.45) is 0.733. The molecule has 0 aliphatic heterocycles. The van der Waals surface area contributed by atoms with Crippen LogP contribution in [-0.4, -0.2) is 4.98 Å². The third-order valence-corrected chi connectivity index (χ3v) is 4.06. The Morgan fingerprint density at radius 1 is 1.04 bits per heavy atom. The largest absolute Gasteiger partial charge is 0.457 e. The first-order valence-corrected chi connectivity index (χ1v) is 7.69. The van der Waals surface area contributed by atoms with Crippen LogP contribution < -0.4 is 10.2 Å². The smallest absolute Gasteiger partial charge is 0.192 e. The number of pyridine rings is 1. The molecule has 1 aromatic heterocycles. The number of H-pyrrole nitrogens is 1. The zero-order valence-corrected chi connectivity index (χ0v) is 13.7. The van der Waals surface area contributed by atoms with Gasteiger partial charge in [-0.25, -0.2) is 8.78 Å². The molecule has 0 bridgehead atoms. The van der Waals surface area contributed by atoms with Crippen molar-refractivity contribution in [2.45, 2.75) is 27.2 Å². The van der Waals surface area contributed by atoms with Crippen molar-refractivity contribution in [2.24, 2.45) is 0 Å². The lowest BCUT2D eigenvalue weighted by atomic mass is 10.1. The summed E-state index contributed by atoms with van der Waals surface area (Å²) in [5.41, 5.74) is 2.96. The van der Waals surface area contributed by atoms with E-state index in [0.29, 0.717) is 16.7 Å². The zero-order valence-electron chi connectivity index (χ0n) is 13.7. The molecule has 24 heavy (non-hydrogen) atoms. The lowest BCUT2D eigenvalue weighted by molar-refractivity contribution is 0.466. The minimum atomic E-state index is -0.718. The van der Waals surface area contributed by atoms with Gasteiger partial charge >= 0.3 is 0 Å². The van der Waals surface area contributed by atoms with E-state index in [9.17, 15) is 13.6 Å². The fourth-order valence-corrected chi connectivity index (χ4v) is 2.75. The van der Waals surface area contributed by atoms with E-state index in [0.717, 1.165) is 41.4 Å². The number of nitrogens with one attached hydrogen (secondary N) is 1. The number of aromatic amines is 1. The molecule has 3 nitrogen and oxygen atoms in total. The summed E-state index contributed by atoms with van der Waals surface area (Å²) in [5.74, 6) is -0.996. The van der Waals surface area contributed by atoms with Gasteiger partial charge in [-0.15, -0.1) is 0 Å². The molecule has 0 amide bonds. The molecule has 0 spiro atoms. The second-order valence-corrected chi connectivity index (χ2v) is 5.78.